The molecule has 15 heavy (non-hydrogen) atoms. The van der Waals surface area contributed by atoms with Crippen molar-refractivity contribution in [1.29, 1.82) is 0 Å². The lowest BCUT2D eigenvalue weighted by atomic mass is 10.1. The number of hydrogen-bond acceptors (Lipinski definition) is 4. The van der Waals surface area contributed by atoms with Crippen LogP contribution in [-0.4, -0.2) is 68.8 Å². The van der Waals surface area contributed by atoms with E-state index in [0.717, 1.165) is 39.2 Å². The second-order valence-corrected chi connectivity index (χ2v) is 4.63. The summed E-state index contributed by atoms with van der Waals surface area (Å²) in [6.07, 6.45) is 0.956. The average molecular weight is 215 g/mol. The van der Waals surface area contributed by atoms with E-state index in [2.05, 4.69) is 23.8 Å². The van der Waals surface area contributed by atoms with E-state index >= 15 is 0 Å². The summed E-state index contributed by atoms with van der Waals surface area (Å²) in [5.41, 5.74) is 6.04. The van der Waals surface area contributed by atoms with Gasteiger partial charge in [0.05, 0.1) is 0 Å². The Labute approximate surface area is 93.4 Å². The molecule has 0 bridgehead atoms. The summed E-state index contributed by atoms with van der Waals surface area (Å²) in [4.78, 5) is 4.86. The maximum atomic E-state index is 6.04. The first-order chi connectivity index (χ1) is 7.13. The van der Waals surface area contributed by atoms with Crippen LogP contribution in [0.4, 0.5) is 0 Å². The van der Waals surface area contributed by atoms with Crippen molar-refractivity contribution in [3.8, 4) is 0 Å². The van der Waals surface area contributed by atoms with Gasteiger partial charge in [-0.25, -0.2) is 0 Å². The van der Waals surface area contributed by atoms with Crippen LogP contribution < -0.4 is 5.73 Å². The highest BCUT2D eigenvalue weighted by Crippen LogP contribution is 2.07. The molecule has 0 amide bonds. The third-order valence-corrected chi connectivity index (χ3v) is 3.23. The molecular weight excluding hydrogens is 190 g/mol. The third-order valence-electron chi connectivity index (χ3n) is 3.23. The van der Waals surface area contributed by atoms with Crippen molar-refractivity contribution in [2.75, 3.05) is 46.9 Å². The van der Waals surface area contributed by atoms with Crippen LogP contribution in [-0.2, 0) is 4.74 Å². The van der Waals surface area contributed by atoms with E-state index in [0.29, 0.717) is 6.04 Å². The molecule has 0 aliphatic carbocycles. The minimum Gasteiger partial charge on any atom is -0.385 e. The van der Waals surface area contributed by atoms with Gasteiger partial charge in [-0.15, -0.1) is 0 Å². The summed E-state index contributed by atoms with van der Waals surface area (Å²) >= 11 is 0. The molecule has 90 valence electrons. The minimum absolute atomic E-state index is 0.251. The number of ether oxygens (including phenoxy) is 1. The van der Waals surface area contributed by atoms with E-state index in [4.69, 9.17) is 10.5 Å². The first-order valence-corrected chi connectivity index (χ1v) is 5.80. The van der Waals surface area contributed by atoms with Crippen molar-refractivity contribution >= 4 is 0 Å². The van der Waals surface area contributed by atoms with Gasteiger partial charge in [0, 0.05) is 52.0 Å². The molecule has 4 heteroatoms. The van der Waals surface area contributed by atoms with Gasteiger partial charge in [0.2, 0.25) is 0 Å². The maximum absolute atomic E-state index is 6.04. The van der Waals surface area contributed by atoms with Gasteiger partial charge in [-0.1, -0.05) is 0 Å². The fourth-order valence-corrected chi connectivity index (χ4v) is 1.98. The molecule has 1 aliphatic heterocycles. The van der Waals surface area contributed by atoms with Crippen molar-refractivity contribution in [3.05, 3.63) is 0 Å². The van der Waals surface area contributed by atoms with Crippen molar-refractivity contribution in [2.24, 2.45) is 5.73 Å². The Hall–Kier alpha value is -0.160. The van der Waals surface area contributed by atoms with Crippen molar-refractivity contribution in [1.82, 2.24) is 9.80 Å². The smallest absolute Gasteiger partial charge is 0.0477 e. The Kier molecular flexibility index (Phi) is 5.53. The summed E-state index contributed by atoms with van der Waals surface area (Å²) in [5.74, 6) is 0. The zero-order valence-corrected chi connectivity index (χ0v) is 10.3. The van der Waals surface area contributed by atoms with E-state index in [1.54, 1.807) is 7.11 Å². The third kappa shape index (κ3) is 4.47. The molecule has 0 saturated carbocycles. The molecule has 4 nitrogen and oxygen atoms in total. The summed E-state index contributed by atoms with van der Waals surface area (Å²) < 4.78 is 5.03. The molecule has 1 fully saturated rings. The minimum atomic E-state index is 0.251. The van der Waals surface area contributed by atoms with Crippen molar-refractivity contribution < 1.29 is 4.74 Å². The molecule has 0 radical (unpaired) electrons. The fourth-order valence-electron chi connectivity index (χ4n) is 1.98. The Bertz CT molecular complexity index is 177. The van der Waals surface area contributed by atoms with Crippen LogP contribution in [0.2, 0.25) is 0 Å². The highest BCUT2D eigenvalue weighted by Gasteiger charge is 2.21. The Morgan fingerprint density at radius 2 is 2.20 bits per heavy atom. The SMILES string of the molecule is COCCC(N)CN1CCN(C)C(C)C1. The van der Waals surface area contributed by atoms with Crippen LogP contribution in [0.3, 0.4) is 0 Å². The highest BCUT2D eigenvalue weighted by molar-refractivity contribution is 4.79. The summed E-state index contributed by atoms with van der Waals surface area (Å²) in [7, 11) is 3.91. The zero-order valence-electron chi connectivity index (χ0n) is 10.3. The van der Waals surface area contributed by atoms with Crippen LogP contribution in [0.1, 0.15) is 13.3 Å². The molecule has 0 aromatic carbocycles. The Morgan fingerprint density at radius 1 is 1.47 bits per heavy atom. The maximum Gasteiger partial charge on any atom is 0.0477 e. The number of nitrogens with zero attached hydrogens (tertiary/aromatic N) is 2. The topological polar surface area (TPSA) is 41.7 Å². The fraction of sp³-hybridized carbons (Fsp3) is 1.00. The molecule has 0 aromatic heterocycles. The first-order valence-electron chi connectivity index (χ1n) is 5.80. The van der Waals surface area contributed by atoms with Crippen molar-refractivity contribution in [2.45, 2.75) is 25.4 Å². The van der Waals surface area contributed by atoms with Crippen LogP contribution in [0.25, 0.3) is 0 Å². The number of methoxy groups -OCH3 is 1. The molecule has 2 N–H and O–H groups in total. The second-order valence-electron chi connectivity index (χ2n) is 4.63. The van der Waals surface area contributed by atoms with Crippen LogP contribution >= 0.6 is 0 Å². The molecule has 1 aliphatic rings. The normalized spacial score (nSPS) is 26.8. The largest absolute Gasteiger partial charge is 0.385 e. The predicted octanol–water partition coefficient (Wildman–Crippen LogP) is -0.0139. The summed E-state index contributed by atoms with van der Waals surface area (Å²) in [5, 5.41) is 0. The second kappa shape index (κ2) is 6.43. The molecule has 0 aromatic rings. The van der Waals surface area contributed by atoms with E-state index in [1.807, 2.05) is 0 Å². The molecular formula is C11H25N3O. The van der Waals surface area contributed by atoms with Crippen LogP contribution in [0.5, 0.6) is 0 Å². The van der Waals surface area contributed by atoms with Gasteiger partial charge in [-0.2, -0.15) is 0 Å². The number of hydrogen-bond donors (Lipinski definition) is 1. The lowest BCUT2D eigenvalue weighted by Gasteiger charge is -2.38. The van der Waals surface area contributed by atoms with Gasteiger partial charge in [0.15, 0.2) is 0 Å². The molecule has 2 atom stereocenters. The van der Waals surface area contributed by atoms with Crippen LogP contribution in [0.15, 0.2) is 0 Å². The van der Waals surface area contributed by atoms with Crippen LogP contribution in [0, 0.1) is 0 Å². The number of likely N-dealkylation sites (N-methyl/N-ethyl adjacent to an activating group) is 1. The molecule has 0 spiro atoms. The van der Waals surface area contributed by atoms with Gasteiger partial charge < -0.3 is 15.4 Å². The average Bonchev–Trinajstić information content (AvgIpc) is 2.20. The Balaban J connectivity index is 2.21. The summed E-state index contributed by atoms with van der Waals surface area (Å²) in [6, 6.07) is 0.897. The van der Waals surface area contributed by atoms with Gasteiger partial charge in [-0.05, 0) is 20.4 Å². The number of rotatable bonds is 5. The van der Waals surface area contributed by atoms with E-state index in [1.165, 1.54) is 0 Å². The number of nitrogens with two attached hydrogens (primary N) is 1. The lowest BCUT2D eigenvalue weighted by molar-refractivity contribution is 0.0955. The van der Waals surface area contributed by atoms with Gasteiger partial charge in [0.1, 0.15) is 0 Å². The lowest BCUT2D eigenvalue weighted by Crippen LogP contribution is -2.52. The van der Waals surface area contributed by atoms with Gasteiger partial charge in [-0.3, -0.25) is 4.90 Å². The van der Waals surface area contributed by atoms with Gasteiger partial charge in [0.25, 0.3) is 0 Å². The molecule has 1 rings (SSSR count). The quantitative estimate of drug-likeness (QED) is 0.700. The molecule has 1 heterocycles. The predicted molar refractivity (Wildman–Crippen MR) is 63.0 cm³/mol. The zero-order chi connectivity index (χ0) is 11.3. The van der Waals surface area contributed by atoms with E-state index in [-0.39, 0.29) is 6.04 Å². The molecule has 1 saturated heterocycles. The van der Waals surface area contributed by atoms with Gasteiger partial charge >= 0.3 is 0 Å². The summed E-state index contributed by atoms with van der Waals surface area (Å²) in [6.45, 7) is 7.47. The van der Waals surface area contributed by atoms with E-state index in [9.17, 15) is 0 Å². The number of piperazine rings is 1. The highest BCUT2D eigenvalue weighted by atomic mass is 16.5. The first kappa shape index (κ1) is 12.9. The standard InChI is InChI=1S/C11H25N3O/c1-10-8-14(6-5-13(10)2)9-11(12)4-7-15-3/h10-11H,4-9,12H2,1-3H3. The van der Waals surface area contributed by atoms with Crippen molar-refractivity contribution in [3.63, 3.8) is 0 Å². The monoisotopic (exact) mass is 215 g/mol. The molecule has 2 unspecified atom stereocenters. The Morgan fingerprint density at radius 3 is 2.80 bits per heavy atom. The van der Waals surface area contributed by atoms with E-state index < -0.39 is 0 Å².